The molecule has 0 aliphatic heterocycles. The summed E-state index contributed by atoms with van der Waals surface area (Å²) in [6.45, 7) is -2.94. The van der Waals surface area contributed by atoms with Crippen LogP contribution in [-0.4, -0.2) is 12.6 Å². The molecule has 3 aromatic rings. The van der Waals surface area contributed by atoms with Gasteiger partial charge in [0.25, 0.3) is 0 Å². The molecule has 0 saturated carbocycles. The van der Waals surface area contributed by atoms with Gasteiger partial charge in [0, 0.05) is 17.5 Å². The van der Waals surface area contributed by atoms with Crippen LogP contribution in [0, 0.1) is 0 Å². The average Bonchev–Trinajstić information content (AvgIpc) is 2.54. The Kier molecular flexibility index (Phi) is 4.24. The predicted molar refractivity (Wildman–Crippen MR) is 80.5 cm³/mol. The van der Waals surface area contributed by atoms with Crippen LogP contribution in [-0.2, 0) is 0 Å². The van der Waals surface area contributed by atoms with E-state index in [-0.39, 0.29) is 22.6 Å². The van der Waals surface area contributed by atoms with Crippen molar-refractivity contribution >= 4 is 16.9 Å². The molecule has 5 nitrogen and oxygen atoms in total. The second-order valence-corrected chi connectivity index (χ2v) is 4.75. The molecule has 0 unspecified atom stereocenters. The van der Waals surface area contributed by atoms with Crippen LogP contribution in [0.3, 0.4) is 0 Å². The number of hydrogen-bond donors (Lipinski definition) is 0. The number of ether oxygens (including phenoxy) is 2. The van der Waals surface area contributed by atoms with Crippen molar-refractivity contribution in [2.24, 2.45) is 0 Å². The molecule has 7 heteroatoms. The Hall–Kier alpha value is -3.22. The van der Waals surface area contributed by atoms with Crippen molar-refractivity contribution in [1.82, 2.24) is 0 Å². The molecule has 0 spiro atoms. The number of esters is 1. The molecule has 0 aliphatic rings. The Labute approximate surface area is 134 Å². The molecule has 122 valence electrons. The SMILES string of the molecule is O=C(Oc1ccc2ccc(=O)oc2c1)c1ccc(OC(F)F)cc1. The summed E-state index contributed by atoms with van der Waals surface area (Å²) in [6.07, 6.45) is 0. The molecule has 0 fully saturated rings. The largest absolute Gasteiger partial charge is 0.435 e. The Balaban J connectivity index is 1.77. The van der Waals surface area contributed by atoms with E-state index in [1.165, 1.54) is 36.4 Å². The molecule has 0 N–H and O–H groups in total. The lowest BCUT2D eigenvalue weighted by Crippen LogP contribution is -2.09. The van der Waals surface area contributed by atoms with E-state index in [1.54, 1.807) is 18.2 Å². The lowest BCUT2D eigenvalue weighted by Gasteiger charge is -2.07. The van der Waals surface area contributed by atoms with Gasteiger partial charge in [0.2, 0.25) is 0 Å². The van der Waals surface area contributed by atoms with Gasteiger partial charge in [-0.2, -0.15) is 8.78 Å². The van der Waals surface area contributed by atoms with Crippen LogP contribution in [0.1, 0.15) is 10.4 Å². The van der Waals surface area contributed by atoms with Gasteiger partial charge < -0.3 is 13.9 Å². The molecule has 1 aromatic heterocycles. The third-order valence-corrected chi connectivity index (χ3v) is 3.12. The van der Waals surface area contributed by atoms with Crippen LogP contribution in [0.4, 0.5) is 8.78 Å². The Morgan fingerprint density at radius 3 is 2.33 bits per heavy atom. The number of fused-ring (bicyclic) bond motifs is 1. The highest BCUT2D eigenvalue weighted by molar-refractivity contribution is 5.91. The highest BCUT2D eigenvalue weighted by Gasteiger charge is 2.11. The first-order valence-corrected chi connectivity index (χ1v) is 6.82. The van der Waals surface area contributed by atoms with Gasteiger partial charge in [-0.05, 0) is 42.5 Å². The number of alkyl halides is 2. The number of carbonyl (C=O) groups excluding carboxylic acids is 1. The zero-order chi connectivity index (χ0) is 17.1. The maximum atomic E-state index is 12.1. The van der Waals surface area contributed by atoms with Crippen molar-refractivity contribution in [2.75, 3.05) is 0 Å². The molecular weight excluding hydrogens is 322 g/mol. The van der Waals surface area contributed by atoms with Crippen LogP contribution in [0.2, 0.25) is 0 Å². The van der Waals surface area contributed by atoms with Crippen molar-refractivity contribution in [2.45, 2.75) is 6.61 Å². The zero-order valence-electron chi connectivity index (χ0n) is 12.1. The average molecular weight is 332 g/mol. The maximum Gasteiger partial charge on any atom is 0.387 e. The second kappa shape index (κ2) is 6.49. The van der Waals surface area contributed by atoms with Crippen LogP contribution >= 0.6 is 0 Å². The van der Waals surface area contributed by atoms with E-state index < -0.39 is 18.2 Å². The molecular formula is C17H10F2O5. The molecule has 1 heterocycles. The summed E-state index contributed by atoms with van der Waals surface area (Å²) >= 11 is 0. The summed E-state index contributed by atoms with van der Waals surface area (Å²) in [7, 11) is 0. The molecule has 0 saturated heterocycles. The van der Waals surface area contributed by atoms with Gasteiger partial charge >= 0.3 is 18.2 Å². The Morgan fingerprint density at radius 1 is 0.958 bits per heavy atom. The number of hydrogen-bond acceptors (Lipinski definition) is 5. The first-order chi connectivity index (χ1) is 11.5. The summed E-state index contributed by atoms with van der Waals surface area (Å²) < 4.78 is 38.5. The van der Waals surface area contributed by atoms with Crippen LogP contribution < -0.4 is 15.1 Å². The van der Waals surface area contributed by atoms with E-state index in [0.717, 1.165) is 0 Å². The molecule has 2 aromatic carbocycles. The fourth-order valence-corrected chi connectivity index (χ4v) is 2.04. The predicted octanol–water partition coefficient (Wildman–Crippen LogP) is 3.61. The minimum absolute atomic E-state index is 0.0611. The smallest absolute Gasteiger partial charge is 0.387 e. The Bertz CT molecular complexity index is 932. The van der Waals surface area contributed by atoms with Crippen LogP contribution in [0.15, 0.2) is 63.8 Å². The minimum atomic E-state index is -2.94. The topological polar surface area (TPSA) is 65.7 Å². The van der Waals surface area contributed by atoms with Crippen molar-refractivity contribution in [3.8, 4) is 11.5 Å². The number of rotatable bonds is 4. The molecule has 0 atom stereocenters. The molecule has 24 heavy (non-hydrogen) atoms. The van der Waals surface area contributed by atoms with Crippen LogP contribution in [0.5, 0.6) is 11.5 Å². The van der Waals surface area contributed by atoms with Gasteiger partial charge in [-0.25, -0.2) is 9.59 Å². The van der Waals surface area contributed by atoms with Crippen molar-refractivity contribution in [3.63, 3.8) is 0 Å². The lowest BCUT2D eigenvalue weighted by atomic mass is 10.2. The number of halogens is 2. The molecule has 0 amide bonds. The highest BCUT2D eigenvalue weighted by atomic mass is 19.3. The van der Waals surface area contributed by atoms with E-state index in [2.05, 4.69) is 4.74 Å². The fourth-order valence-electron chi connectivity index (χ4n) is 2.04. The first-order valence-electron chi connectivity index (χ1n) is 6.82. The number of benzene rings is 2. The fraction of sp³-hybridized carbons (Fsp3) is 0.0588. The summed E-state index contributed by atoms with van der Waals surface area (Å²) in [5.74, 6) is -0.556. The molecule has 0 bridgehead atoms. The summed E-state index contributed by atoms with van der Waals surface area (Å²) in [6, 6.07) is 12.6. The first kappa shape index (κ1) is 15.7. The van der Waals surface area contributed by atoms with E-state index >= 15 is 0 Å². The maximum absolute atomic E-state index is 12.1. The van der Waals surface area contributed by atoms with Crippen molar-refractivity contribution in [1.29, 1.82) is 0 Å². The molecule has 0 radical (unpaired) electrons. The minimum Gasteiger partial charge on any atom is -0.435 e. The Morgan fingerprint density at radius 2 is 1.62 bits per heavy atom. The van der Waals surface area contributed by atoms with Crippen molar-refractivity contribution in [3.05, 3.63) is 70.6 Å². The van der Waals surface area contributed by atoms with Gasteiger partial charge in [-0.1, -0.05) is 0 Å². The standard InChI is InChI=1S/C17H10F2O5/c18-17(19)23-12-5-2-11(3-6-12)16(21)22-13-7-1-10-4-8-15(20)24-14(10)9-13/h1-9,17H. The summed E-state index contributed by atoms with van der Waals surface area (Å²) in [5, 5.41) is 0.683. The van der Waals surface area contributed by atoms with Crippen LogP contribution in [0.25, 0.3) is 11.0 Å². The van der Waals surface area contributed by atoms with Crippen molar-refractivity contribution < 1.29 is 27.5 Å². The third-order valence-electron chi connectivity index (χ3n) is 3.12. The van der Waals surface area contributed by atoms with Gasteiger partial charge in [0.05, 0.1) is 5.56 Å². The third kappa shape index (κ3) is 3.57. The normalized spacial score (nSPS) is 10.8. The van der Waals surface area contributed by atoms with E-state index in [1.807, 2.05) is 0 Å². The monoisotopic (exact) mass is 332 g/mol. The highest BCUT2D eigenvalue weighted by Crippen LogP contribution is 2.21. The quantitative estimate of drug-likeness (QED) is 0.415. The summed E-state index contributed by atoms with van der Waals surface area (Å²) in [4.78, 5) is 23.3. The second-order valence-electron chi connectivity index (χ2n) is 4.75. The zero-order valence-corrected chi connectivity index (χ0v) is 12.1. The number of carbonyl (C=O) groups is 1. The molecule has 3 rings (SSSR count). The molecule has 0 aliphatic carbocycles. The van der Waals surface area contributed by atoms with Gasteiger partial charge in [-0.3, -0.25) is 0 Å². The van der Waals surface area contributed by atoms with Gasteiger partial charge in [0.15, 0.2) is 0 Å². The van der Waals surface area contributed by atoms with Gasteiger partial charge in [0.1, 0.15) is 17.1 Å². The van der Waals surface area contributed by atoms with E-state index in [9.17, 15) is 18.4 Å². The summed E-state index contributed by atoms with van der Waals surface area (Å²) in [5.41, 5.74) is -0.0692. The lowest BCUT2D eigenvalue weighted by molar-refractivity contribution is -0.0498. The van der Waals surface area contributed by atoms with Gasteiger partial charge in [-0.15, -0.1) is 0 Å². The van der Waals surface area contributed by atoms with E-state index in [4.69, 9.17) is 9.15 Å². The van der Waals surface area contributed by atoms with E-state index in [0.29, 0.717) is 5.39 Å².